The van der Waals surface area contributed by atoms with Crippen LogP contribution in [0.25, 0.3) is 0 Å². The summed E-state index contributed by atoms with van der Waals surface area (Å²) in [5, 5.41) is 0.589. The van der Waals surface area contributed by atoms with E-state index in [1.165, 1.54) is 37.3 Å². The van der Waals surface area contributed by atoms with E-state index in [2.05, 4.69) is 57.6 Å². The van der Waals surface area contributed by atoms with Crippen molar-refractivity contribution in [3.8, 4) is 5.75 Å². The highest BCUT2D eigenvalue weighted by atomic mass is 35.5. The Morgan fingerprint density at radius 2 is 1.96 bits per heavy atom. The van der Waals surface area contributed by atoms with E-state index in [0.29, 0.717) is 30.0 Å². The number of fused-ring (bicyclic) bond motifs is 5. The monoisotopic (exact) mass is 766 g/mol. The number of likely N-dealkylation sites (N-methyl/N-ethyl adjacent to an activating group) is 1. The molecule has 2 aromatic carbocycles. The number of allylic oxidation sites excluding steroid dienone is 1. The molecular weight excluding hydrogens is 708 g/mol. The topological polar surface area (TPSA) is 83.6 Å². The molecule has 2 saturated heterocycles. The molecule has 8 rings (SSSR count). The van der Waals surface area contributed by atoms with Crippen LogP contribution in [0.5, 0.6) is 5.75 Å². The van der Waals surface area contributed by atoms with Gasteiger partial charge in [0.1, 0.15) is 16.7 Å². The Kier molecular flexibility index (Phi) is 12.5. The van der Waals surface area contributed by atoms with Gasteiger partial charge in [-0.25, -0.2) is 4.21 Å². The number of anilines is 1. The molecule has 290 valence electrons. The molecule has 0 radical (unpaired) electrons. The number of ether oxygens (including phenoxy) is 3. The number of morpholine rings is 1. The number of nitrogens with zero attached hydrogens (tertiary/aromatic N) is 3. The third-order valence-corrected chi connectivity index (χ3v) is 14.8. The van der Waals surface area contributed by atoms with Gasteiger partial charge < -0.3 is 24.0 Å². The van der Waals surface area contributed by atoms with Crippen LogP contribution in [0.3, 0.4) is 0 Å². The SMILES string of the molecule is CCN1CCN2CCOCC2C1.COC1/C=C/CC(C)C(C)S(=O)NC(=O)c2ccc3c(c2)N(CC2CCC21)C[C@@]1(CCCc2cc(Cl)ccc21)CO3. The molecule has 53 heavy (non-hydrogen) atoms. The number of rotatable bonds is 2. The summed E-state index contributed by atoms with van der Waals surface area (Å²) in [5.74, 6) is 1.53. The van der Waals surface area contributed by atoms with Crippen LogP contribution in [0.15, 0.2) is 48.6 Å². The van der Waals surface area contributed by atoms with Crippen molar-refractivity contribution in [2.75, 3.05) is 77.6 Å². The van der Waals surface area contributed by atoms with Crippen LogP contribution in [0, 0.1) is 17.8 Å². The molecule has 9 nitrogen and oxygen atoms in total. The highest BCUT2D eigenvalue weighted by Crippen LogP contribution is 2.47. The Bertz CT molecular complexity index is 1660. The van der Waals surface area contributed by atoms with E-state index in [0.717, 1.165) is 87.8 Å². The molecular formula is C42H59ClN4O5S. The molecule has 4 aliphatic heterocycles. The number of benzene rings is 2. The maximum absolute atomic E-state index is 13.3. The van der Waals surface area contributed by atoms with Crippen molar-refractivity contribution in [2.45, 2.75) is 82.1 Å². The molecule has 3 fully saturated rings. The Morgan fingerprint density at radius 3 is 2.75 bits per heavy atom. The first-order chi connectivity index (χ1) is 25.7. The minimum Gasteiger partial charge on any atom is -0.490 e. The normalized spacial score (nSPS) is 34.1. The van der Waals surface area contributed by atoms with Gasteiger partial charge in [-0.15, -0.1) is 0 Å². The highest BCUT2D eigenvalue weighted by Gasteiger charge is 2.44. The Hall–Kier alpha value is -2.47. The summed E-state index contributed by atoms with van der Waals surface area (Å²) in [5.41, 5.74) is 3.90. The van der Waals surface area contributed by atoms with Crippen LogP contribution < -0.4 is 14.4 Å². The highest BCUT2D eigenvalue weighted by molar-refractivity contribution is 7.84. The lowest BCUT2D eigenvalue weighted by Crippen LogP contribution is -2.57. The lowest BCUT2D eigenvalue weighted by atomic mass is 9.68. The van der Waals surface area contributed by atoms with Crippen molar-refractivity contribution in [1.29, 1.82) is 0 Å². The molecule has 7 unspecified atom stereocenters. The number of carbonyl (C=O) groups excluding carboxylic acids is 1. The van der Waals surface area contributed by atoms with Gasteiger partial charge >= 0.3 is 0 Å². The zero-order valence-corrected chi connectivity index (χ0v) is 33.6. The molecule has 8 atom stereocenters. The lowest BCUT2D eigenvalue weighted by Gasteiger charge is -2.46. The molecule has 4 heterocycles. The molecule has 1 saturated carbocycles. The number of carbonyl (C=O) groups is 1. The Morgan fingerprint density at radius 1 is 1.09 bits per heavy atom. The average Bonchev–Trinajstić information content (AvgIpc) is 3.31. The van der Waals surface area contributed by atoms with Crippen molar-refractivity contribution in [3.63, 3.8) is 0 Å². The number of hydrogen-bond acceptors (Lipinski definition) is 8. The fourth-order valence-corrected chi connectivity index (χ4v) is 10.6. The number of halogens is 1. The minimum atomic E-state index is -1.50. The summed E-state index contributed by atoms with van der Waals surface area (Å²) in [6, 6.07) is 12.6. The van der Waals surface area contributed by atoms with Gasteiger partial charge in [0.25, 0.3) is 5.91 Å². The van der Waals surface area contributed by atoms with Crippen molar-refractivity contribution in [2.24, 2.45) is 17.8 Å². The van der Waals surface area contributed by atoms with Crippen LogP contribution in [0.4, 0.5) is 5.69 Å². The molecule has 2 bridgehead atoms. The summed E-state index contributed by atoms with van der Waals surface area (Å²) >= 11 is 6.41. The number of piperazine rings is 1. The smallest absolute Gasteiger partial charge is 0.263 e. The minimum absolute atomic E-state index is 0.0508. The summed E-state index contributed by atoms with van der Waals surface area (Å²) in [4.78, 5) is 20.9. The first-order valence-corrected chi connectivity index (χ1v) is 21.5. The second-order valence-corrected chi connectivity index (χ2v) is 18.2. The molecule has 2 aromatic rings. The predicted molar refractivity (Wildman–Crippen MR) is 214 cm³/mol. The molecule has 1 N–H and O–H groups in total. The fourth-order valence-electron chi connectivity index (χ4n) is 9.36. The van der Waals surface area contributed by atoms with E-state index < -0.39 is 11.0 Å². The van der Waals surface area contributed by atoms with Crippen molar-refractivity contribution >= 4 is 34.2 Å². The van der Waals surface area contributed by atoms with Gasteiger partial charge in [0.2, 0.25) is 0 Å². The number of hydrogen-bond donors (Lipinski definition) is 1. The number of methoxy groups -OCH3 is 1. The van der Waals surface area contributed by atoms with E-state index in [1.807, 2.05) is 25.1 Å². The summed E-state index contributed by atoms with van der Waals surface area (Å²) in [6.45, 7) is 16.4. The average molecular weight is 767 g/mol. The third kappa shape index (κ3) is 8.53. The Balaban J connectivity index is 0.000000306. The third-order valence-electron chi connectivity index (χ3n) is 13.1. The molecule has 1 amide bonds. The lowest BCUT2D eigenvalue weighted by molar-refractivity contribution is -0.0435. The van der Waals surface area contributed by atoms with Crippen LogP contribution in [0.1, 0.15) is 74.4 Å². The van der Waals surface area contributed by atoms with Gasteiger partial charge in [-0.2, -0.15) is 0 Å². The maximum atomic E-state index is 13.3. The van der Waals surface area contributed by atoms with Gasteiger partial charge in [0.15, 0.2) is 0 Å². The van der Waals surface area contributed by atoms with Crippen LogP contribution in [0.2, 0.25) is 5.02 Å². The maximum Gasteiger partial charge on any atom is 0.263 e. The number of amides is 1. The van der Waals surface area contributed by atoms with E-state index in [1.54, 1.807) is 13.2 Å². The van der Waals surface area contributed by atoms with Gasteiger partial charge in [0.05, 0.1) is 36.9 Å². The first-order valence-electron chi connectivity index (χ1n) is 19.9. The quantitative estimate of drug-likeness (QED) is 0.360. The van der Waals surface area contributed by atoms with Crippen molar-refractivity contribution < 1.29 is 23.2 Å². The van der Waals surface area contributed by atoms with Crippen LogP contribution in [-0.4, -0.2) is 110 Å². The second kappa shape index (κ2) is 17.1. The van der Waals surface area contributed by atoms with Gasteiger partial charge in [-0.1, -0.05) is 43.7 Å². The summed E-state index contributed by atoms with van der Waals surface area (Å²) in [7, 11) is 0.305. The van der Waals surface area contributed by atoms with Gasteiger partial charge in [-0.05, 0) is 111 Å². The van der Waals surface area contributed by atoms with Gasteiger partial charge in [0, 0.05) is 68.4 Å². The zero-order chi connectivity index (χ0) is 37.1. The predicted octanol–water partition coefficient (Wildman–Crippen LogP) is 6.26. The first kappa shape index (κ1) is 38.8. The largest absolute Gasteiger partial charge is 0.490 e. The summed E-state index contributed by atoms with van der Waals surface area (Å²) in [6.07, 6.45) is 10.6. The molecule has 11 heteroatoms. The van der Waals surface area contributed by atoms with E-state index in [4.69, 9.17) is 25.8 Å². The van der Waals surface area contributed by atoms with Crippen LogP contribution >= 0.6 is 11.6 Å². The second-order valence-electron chi connectivity index (χ2n) is 16.2. The van der Waals surface area contributed by atoms with E-state index in [9.17, 15) is 9.00 Å². The van der Waals surface area contributed by atoms with Crippen molar-refractivity contribution in [3.05, 3.63) is 70.3 Å². The van der Waals surface area contributed by atoms with E-state index in [-0.39, 0.29) is 28.6 Å². The molecule has 0 aromatic heterocycles. The standard InChI is InChI=1S/C33H41ClN2O4S.C9H18N2O/c1-21-6-4-8-30(39-3)27-12-9-25(27)18-36-19-33(15-5-7-23-16-26(34)11-13-28(23)33)20-40-31-14-10-24(17-29(31)36)32(37)35-41(38)22(21)2;1-2-10-3-4-11-5-6-12-8-9(11)7-10/h4,8,10-11,13-14,16-17,21-22,25,27,30H,5-7,9,12,15,18-20H2,1-3H3,(H,35,37);9H,2-8H2,1H3/b8-4+;/t21?,22?,25?,27?,30?,33-,41?;/m0./s1. The number of nitrogens with one attached hydrogen (secondary N) is 1. The molecule has 2 aliphatic carbocycles. The van der Waals surface area contributed by atoms with E-state index >= 15 is 0 Å². The van der Waals surface area contributed by atoms with Gasteiger partial charge in [-0.3, -0.25) is 14.4 Å². The zero-order valence-electron chi connectivity index (χ0n) is 32.1. The van der Waals surface area contributed by atoms with Crippen molar-refractivity contribution in [1.82, 2.24) is 14.5 Å². The van der Waals surface area contributed by atoms with Crippen LogP contribution in [-0.2, 0) is 32.3 Å². The Labute approximate surface area is 324 Å². The fraction of sp³-hybridized carbons (Fsp3) is 0.643. The molecule has 1 spiro atoms. The number of aryl methyl sites for hydroxylation is 1. The summed E-state index contributed by atoms with van der Waals surface area (Å²) < 4.78 is 34.0. The molecule has 6 aliphatic rings.